The van der Waals surface area contributed by atoms with Crippen molar-refractivity contribution in [2.75, 3.05) is 7.11 Å². The molecule has 3 unspecified atom stereocenters. The van der Waals surface area contributed by atoms with Gasteiger partial charge < -0.3 is 18.0 Å². The zero-order chi connectivity index (χ0) is 36.9. The largest absolute Gasteiger partial charge is 0.469 e. The molecule has 0 aromatic rings. The Bertz CT molecular complexity index is 1160. The van der Waals surface area contributed by atoms with E-state index in [0.29, 0.717) is 18.8 Å². The molecule has 0 heterocycles. The molecule has 0 radical (unpaired) electrons. The van der Waals surface area contributed by atoms with Crippen LogP contribution in [0, 0.1) is 41.4 Å². The fraction of sp³-hybridized carbons (Fsp3) is 0.846. The lowest BCUT2D eigenvalue weighted by Gasteiger charge is -2.40. The summed E-state index contributed by atoms with van der Waals surface area (Å²) in [6, 6.07) is 0. The number of ether oxygens (including phenoxy) is 1. The number of methoxy groups -OCH3 is 1. The first-order valence-electron chi connectivity index (χ1n) is 18.6. The van der Waals surface area contributed by atoms with E-state index in [1.54, 1.807) is 0 Å². The summed E-state index contributed by atoms with van der Waals surface area (Å²) in [7, 11) is -4.89. The molecule has 48 heavy (non-hydrogen) atoms. The second kappa shape index (κ2) is 17.0. The third kappa shape index (κ3) is 12.6. The zero-order valence-corrected chi connectivity index (χ0v) is 36.7. The molecule has 6 nitrogen and oxygen atoms in total. The topological polar surface area (TPSA) is 71.1 Å². The maximum absolute atomic E-state index is 14.1. The Hall–Kier alpha value is -1.03. The van der Waals surface area contributed by atoms with E-state index < -0.39 is 37.0 Å². The molecule has 276 valence electrons. The summed E-state index contributed by atoms with van der Waals surface area (Å²) < 4.78 is 25.9. The van der Waals surface area contributed by atoms with Gasteiger partial charge in [-0.25, -0.2) is 0 Å². The minimum atomic E-state index is -2.19. The van der Waals surface area contributed by atoms with E-state index in [1.165, 1.54) is 26.4 Å². The van der Waals surface area contributed by atoms with Crippen LogP contribution in [0.3, 0.4) is 0 Å². The van der Waals surface area contributed by atoms with Gasteiger partial charge in [-0.3, -0.25) is 9.59 Å². The molecule has 2 rings (SSSR count). The van der Waals surface area contributed by atoms with E-state index in [4.69, 9.17) is 18.0 Å². The highest BCUT2D eigenvalue weighted by Crippen LogP contribution is 2.45. The number of rotatable bonds is 16. The molecule has 0 amide bonds. The molecule has 0 saturated heterocycles. The molecule has 2 fully saturated rings. The van der Waals surface area contributed by atoms with Crippen LogP contribution in [0.5, 0.6) is 0 Å². The third-order valence-electron chi connectivity index (χ3n) is 11.2. The number of ketones is 1. The summed E-state index contributed by atoms with van der Waals surface area (Å²) in [5.74, 6) is 6.90. The smallest absolute Gasteiger partial charge is 0.308 e. The number of unbranched alkanes of at least 4 members (excludes halogenated alkanes) is 1. The number of Topliss-reactive ketones (excluding diaryl/α,β-unsaturated/α-hetero) is 1. The third-order valence-corrected chi connectivity index (χ3v) is 21.2. The highest BCUT2D eigenvalue weighted by molar-refractivity contribution is 6.74. The van der Waals surface area contributed by atoms with Gasteiger partial charge in [0, 0.05) is 18.8 Å². The van der Waals surface area contributed by atoms with E-state index >= 15 is 0 Å². The van der Waals surface area contributed by atoms with Crippen LogP contribution in [0.25, 0.3) is 0 Å². The van der Waals surface area contributed by atoms with Gasteiger partial charge in [0.25, 0.3) is 0 Å². The van der Waals surface area contributed by atoms with Crippen LogP contribution in [-0.4, -0.2) is 62.1 Å². The monoisotopic (exact) mass is 720 g/mol. The molecule has 0 bridgehead atoms. The summed E-state index contributed by atoms with van der Waals surface area (Å²) in [5.41, 5.74) is 0. The molecule has 0 aromatic heterocycles. The lowest BCUT2D eigenvalue weighted by Crippen LogP contribution is -2.46. The molecular weight excluding hydrogens is 649 g/mol. The highest BCUT2D eigenvalue weighted by atomic mass is 28.4. The molecule has 2 aliphatic rings. The van der Waals surface area contributed by atoms with Gasteiger partial charge in [-0.2, -0.15) is 0 Å². The van der Waals surface area contributed by atoms with Gasteiger partial charge in [0.1, 0.15) is 11.9 Å². The molecule has 0 aromatic carbocycles. The van der Waals surface area contributed by atoms with E-state index in [1.807, 2.05) is 0 Å². The Balaban J connectivity index is 2.57. The Labute approximate surface area is 298 Å². The average molecular weight is 721 g/mol. The fourth-order valence-electron chi connectivity index (χ4n) is 6.02. The Morgan fingerprint density at radius 2 is 1.58 bits per heavy atom. The summed E-state index contributed by atoms with van der Waals surface area (Å²) >= 11 is 0. The summed E-state index contributed by atoms with van der Waals surface area (Å²) in [5, 5.41) is 0.103. The van der Waals surface area contributed by atoms with Gasteiger partial charge in [0.2, 0.25) is 0 Å². The number of carbonyl (C=O) groups is 2. The first kappa shape index (κ1) is 43.1. The maximum Gasteiger partial charge on any atom is 0.308 e. The first-order chi connectivity index (χ1) is 21.8. The minimum Gasteiger partial charge on any atom is -0.469 e. The van der Waals surface area contributed by atoms with Crippen molar-refractivity contribution in [2.24, 2.45) is 29.6 Å². The van der Waals surface area contributed by atoms with E-state index in [-0.39, 0.29) is 51.8 Å². The van der Waals surface area contributed by atoms with Crippen molar-refractivity contribution in [2.45, 2.75) is 175 Å². The molecule has 2 saturated carbocycles. The summed E-state index contributed by atoms with van der Waals surface area (Å²) in [6.07, 6.45) is 10.1. The number of carbonyl (C=O) groups excluding carboxylic acids is 2. The summed E-state index contributed by atoms with van der Waals surface area (Å²) in [4.78, 5) is 26.1. The second-order valence-corrected chi connectivity index (χ2v) is 32.7. The number of esters is 1. The van der Waals surface area contributed by atoms with Crippen molar-refractivity contribution in [3.05, 3.63) is 12.2 Å². The van der Waals surface area contributed by atoms with Gasteiger partial charge in [-0.05, 0) is 80.6 Å². The van der Waals surface area contributed by atoms with Crippen molar-refractivity contribution < 1.29 is 27.6 Å². The van der Waals surface area contributed by atoms with Gasteiger partial charge in [-0.15, -0.1) is 5.92 Å². The van der Waals surface area contributed by atoms with Crippen molar-refractivity contribution in [1.29, 1.82) is 0 Å². The zero-order valence-electron chi connectivity index (χ0n) is 33.7. The molecule has 0 N–H and O–H groups in total. The highest BCUT2D eigenvalue weighted by Gasteiger charge is 2.51. The standard InChI is InChI=1S/C39H72O6Si3/c1-17-18-20-28(2)25-30(43-47(13,14)38(3,4)5)23-24-31-35(45-48(15,16)39(6,7)8)27-33(40)36(31)34(44-46(10,11)12)22-19-21-29-26-32(29)37(41)42-9/h23-24,28-32,34-36H,17-18,20-21,25-27H2,1-16H3/b24-23+/t28-,29?,30+,31-,32?,34?,35+,36+/m0/s1. The van der Waals surface area contributed by atoms with Crippen LogP contribution in [-0.2, 0) is 27.6 Å². The van der Waals surface area contributed by atoms with Crippen LogP contribution in [0.4, 0.5) is 0 Å². The average Bonchev–Trinajstić information content (AvgIpc) is 3.63. The SMILES string of the molecule is CCCC[C@H](C)C[C@@H](/C=C/[C@@H]1[C@@H](C(C#CCC2CC2C(=O)OC)O[Si](C)(C)C)C(=O)C[C@H]1O[Si](C)(C)C(C)(C)C)O[Si](C)(C)C(C)(C)C. The molecule has 2 aliphatic carbocycles. The van der Waals surface area contributed by atoms with Crippen LogP contribution in [0.15, 0.2) is 12.2 Å². The van der Waals surface area contributed by atoms with Crippen molar-refractivity contribution in [3.8, 4) is 11.8 Å². The fourth-order valence-corrected chi connectivity index (χ4v) is 9.63. The van der Waals surface area contributed by atoms with Gasteiger partial charge in [0.15, 0.2) is 25.0 Å². The molecule has 8 atom stereocenters. The van der Waals surface area contributed by atoms with Crippen molar-refractivity contribution >= 4 is 36.7 Å². The Morgan fingerprint density at radius 3 is 2.10 bits per heavy atom. The molecule has 9 heteroatoms. The Morgan fingerprint density at radius 1 is 0.979 bits per heavy atom. The quantitative estimate of drug-likeness (QED) is 0.0684. The first-order valence-corrected chi connectivity index (χ1v) is 27.9. The molecule has 0 spiro atoms. The Kier molecular flexibility index (Phi) is 15.3. The maximum atomic E-state index is 14.1. The molecular formula is C39H72O6Si3. The second-order valence-electron chi connectivity index (χ2n) is 18.8. The van der Waals surface area contributed by atoms with Gasteiger partial charge in [-0.1, -0.05) is 92.7 Å². The predicted molar refractivity (Wildman–Crippen MR) is 207 cm³/mol. The normalized spacial score (nSPS) is 25.8. The van der Waals surface area contributed by atoms with Gasteiger partial charge >= 0.3 is 5.97 Å². The lowest BCUT2D eigenvalue weighted by molar-refractivity contribution is -0.142. The number of hydrogen-bond donors (Lipinski definition) is 0. The van der Waals surface area contributed by atoms with E-state index in [0.717, 1.165) is 12.8 Å². The van der Waals surface area contributed by atoms with E-state index in [9.17, 15) is 9.59 Å². The molecule has 0 aliphatic heterocycles. The van der Waals surface area contributed by atoms with Crippen LogP contribution in [0.2, 0.25) is 55.9 Å². The van der Waals surface area contributed by atoms with Crippen molar-refractivity contribution in [3.63, 3.8) is 0 Å². The van der Waals surface area contributed by atoms with Crippen LogP contribution >= 0.6 is 0 Å². The van der Waals surface area contributed by atoms with Crippen molar-refractivity contribution in [1.82, 2.24) is 0 Å². The van der Waals surface area contributed by atoms with Crippen LogP contribution in [0.1, 0.15) is 100 Å². The van der Waals surface area contributed by atoms with Gasteiger partial charge in [0.05, 0.1) is 31.2 Å². The summed E-state index contributed by atoms with van der Waals surface area (Å²) in [6.45, 7) is 33.9. The lowest BCUT2D eigenvalue weighted by atomic mass is 9.88. The van der Waals surface area contributed by atoms with Crippen LogP contribution < -0.4 is 0 Å². The predicted octanol–water partition coefficient (Wildman–Crippen LogP) is 10.2. The van der Waals surface area contributed by atoms with E-state index in [2.05, 4.69) is 125 Å². The number of hydrogen-bond acceptors (Lipinski definition) is 6. The minimum absolute atomic E-state index is 0.0135.